The van der Waals surface area contributed by atoms with Gasteiger partial charge in [0.2, 0.25) is 0 Å². The van der Waals surface area contributed by atoms with Crippen molar-refractivity contribution in [2.24, 2.45) is 0 Å². The fraction of sp³-hybridized carbons (Fsp3) is 0.333. The highest BCUT2D eigenvalue weighted by molar-refractivity contribution is 6.04. The van der Waals surface area contributed by atoms with Gasteiger partial charge in [0.1, 0.15) is 11.5 Å². The number of ketones is 1. The van der Waals surface area contributed by atoms with E-state index in [9.17, 15) is 9.59 Å². The Morgan fingerprint density at radius 3 is 2.48 bits per heavy atom. The zero-order valence-electron chi connectivity index (χ0n) is 19.4. The van der Waals surface area contributed by atoms with Crippen LogP contribution in [0.1, 0.15) is 49.7 Å². The Morgan fingerprint density at radius 1 is 1.06 bits per heavy atom. The van der Waals surface area contributed by atoms with Gasteiger partial charge in [0.25, 0.3) is 0 Å². The highest BCUT2D eigenvalue weighted by atomic mass is 16.5. The fourth-order valence-corrected chi connectivity index (χ4v) is 4.86. The molecule has 1 N–H and O–H groups in total. The minimum Gasteiger partial charge on any atom is -0.497 e. The molecule has 0 spiro atoms. The molecular formula is C27H29NO5. The van der Waals surface area contributed by atoms with Crippen LogP contribution in [-0.4, -0.2) is 32.6 Å². The van der Waals surface area contributed by atoms with Crippen molar-refractivity contribution in [1.29, 1.82) is 0 Å². The van der Waals surface area contributed by atoms with Crippen molar-refractivity contribution in [2.75, 3.05) is 20.8 Å². The van der Waals surface area contributed by atoms with Gasteiger partial charge in [0, 0.05) is 29.0 Å². The summed E-state index contributed by atoms with van der Waals surface area (Å²) in [5.74, 6) is 0.257. The van der Waals surface area contributed by atoms with Crippen molar-refractivity contribution in [2.45, 2.75) is 38.5 Å². The Morgan fingerprint density at radius 2 is 1.82 bits per heavy atom. The van der Waals surface area contributed by atoms with E-state index >= 15 is 0 Å². The van der Waals surface area contributed by atoms with Crippen molar-refractivity contribution in [3.05, 3.63) is 82.2 Å². The van der Waals surface area contributed by atoms with Gasteiger partial charge in [-0.2, -0.15) is 0 Å². The number of benzene rings is 2. The molecule has 0 amide bonds. The second kappa shape index (κ2) is 9.53. The Labute approximate surface area is 194 Å². The van der Waals surface area contributed by atoms with Crippen LogP contribution >= 0.6 is 0 Å². The molecule has 1 aliphatic carbocycles. The zero-order valence-corrected chi connectivity index (χ0v) is 19.4. The summed E-state index contributed by atoms with van der Waals surface area (Å²) in [5.41, 5.74) is 4.40. The van der Waals surface area contributed by atoms with Gasteiger partial charge in [-0.15, -0.1) is 0 Å². The first-order valence-electron chi connectivity index (χ1n) is 11.2. The normalized spacial score (nSPS) is 20.2. The molecule has 0 saturated heterocycles. The fourth-order valence-electron chi connectivity index (χ4n) is 4.86. The third-order valence-corrected chi connectivity index (χ3v) is 6.34. The van der Waals surface area contributed by atoms with Crippen LogP contribution in [0.5, 0.6) is 11.5 Å². The van der Waals surface area contributed by atoms with Gasteiger partial charge in [0.05, 0.1) is 32.3 Å². The first kappa shape index (κ1) is 22.6. The van der Waals surface area contributed by atoms with Crippen molar-refractivity contribution < 1.29 is 23.8 Å². The van der Waals surface area contributed by atoms with Gasteiger partial charge >= 0.3 is 5.97 Å². The molecule has 1 heterocycles. The van der Waals surface area contributed by atoms with E-state index in [4.69, 9.17) is 14.2 Å². The topological polar surface area (TPSA) is 73.9 Å². The third kappa shape index (κ3) is 4.25. The summed E-state index contributed by atoms with van der Waals surface area (Å²) >= 11 is 0. The molecule has 6 nitrogen and oxygen atoms in total. The smallest absolute Gasteiger partial charge is 0.336 e. The molecule has 0 bridgehead atoms. The molecule has 6 heteroatoms. The van der Waals surface area contributed by atoms with Crippen LogP contribution in [0.15, 0.2) is 71.1 Å². The number of esters is 1. The average molecular weight is 448 g/mol. The largest absolute Gasteiger partial charge is 0.497 e. The van der Waals surface area contributed by atoms with Crippen LogP contribution < -0.4 is 14.8 Å². The second-order valence-corrected chi connectivity index (χ2v) is 8.26. The van der Waals surface area contributed by atoms with Crippen LogP contribution in [-0.2, 0) is 14.3 Å². The van der Waals surface area contributed by atoms with Crippen LogP contribution in [0.25, 0.3) is 0 Å². The molecular weight excluding hydrogens is 418 g/mol. The molecule has 4 rings (SSSR count). The zero-order chi connectivity index (χ0) is 23.5. The number of rotatable bonds is 6. The van der Waals surface area contributed by atoms with Crippen molar-refractivity contribution >= 4 is 11.8 Å². The lowest BCUT2D eigenvalue weighted by Gasteiger charge is -2.37. The Kier molecular flexibility index (Phi) is 6.54. The summed E-state index contributed by atoms with van der Waals surface area (Å²) in [6, 6.07) is 15.5. The average Bonchev–Trinajstić information content (AvgIpc) is 2.83. The lowest BCUT2D eigenvalue weighted by atomic mass is 9.71. The molecule has 2 aromatic rings. The molecule has 33 heavy (non-hydrogen) atoms. The lowest BCUT2D eigenvalue weighted by Crippen LogP contribution is -2.36. The van der Waals surface area contributed by atoms with E-state index in [0.29, 0.717) is 46.7 Å². The Bertz CT molecular complexity index is 1130. The van der Waals surface area contributed by atoms with Crippen LogP contribution in [0.3, 0.4) is 0 Å². The molecule has 2 aliphatic rings. The van der Waals surface area contributed by atoms with E-state index in [-0.39, 0.29) is 18.3 Å². The predicted molar refractivity (Wildman–Crippen MR) is 125 cm³/mol. The maximum atomic E-state index is 13.6. The van der Waals surface area contributed by atoms with Gasteiger partial charge in [-0.05, 0) is 49.9 Å². The maximum Gasteiger partial charge on any atom is 0.336 e. The number of nitrogens with one attached hydrogen (secondary N) is 1. The quantitative estimate of drug-likeness (QED) is 0.651. The summed E-state index contributed by atoms with van der Waals surface area (Å²) in [5, 5.41) is 3.37. The van der Waals surface area contributed by atoms with E-state index in [1.807, 2.05) is 31.2 Å². The molecule has 1 aliphatic heterocycles. The summed E-state index contributed by atoms with van der Waals surface area (Å²) in [4.78, 5) is 26.7. The van der Waals surface area contributed by atoms with Gasteiger partial charge in [-0.1, -0.05) is 30.3 Å². The van der Waals surface area contributed by atoms with E-state index in [0.717, 1.165) is 11.3 Å². The highest BCUT2D eigenvalue weighted by Crippen LogP contribution is 2.48. The molecule has 0 unspecified atom stereocenters. The van der Waals surface area contributed by atoms with E-state index in [2.05, 4.69) is 17.4 Å². The third-order valence-electron chi connectivity index (χ3n) is 6.34. The SMILES string of the molecule is CCOC(=O)C1=C(C)NC2=C(C(=O)C[C@@H](c3ccccc3)C2)[C@@H]1c1cc(OC)ccc1OC. The standard InChI is InChI=1S/C27H29NO5/c1-5-33-27(30)24-16(2)28-21-13-18(17-9-7-6-8-10-17)14-22(29)26(21)25(24)20-15-19(31-3)11-12-23(20)32-4/h6-12,15,18,25,28H,5,13-14H2,1-4H3/t18-,25+/m0/s1. The van der Waals surface area contributed by atoms with Crippen LogP contribution in [0.2, 0.25) is 0 Å². The first-order valence-corrected chi connectivity index (χ1v) is 11.2. The molecule has 2 aromatic carbocycles. The number of Topliss-reactive ketones (excluding diaryl/α,β-unsaturated/α-hetero) is 1. The number of ether oxygens (including phenoxy) is 3. The number of carbonyl (C=O) groups excluding carboxylic acids is 2. The number of carbonyl (C=O) groups is 2. The van der Waals surface area contributed by atoms with E-state index in [1.165, 1.54) is 0 Å². The van der Waals surface area contributed by atoms with Gasteiger partial charge < -0.3 is 19.5 Å². The number of allylic oxidation sites excluding steroid dienone is 3. The van der Waals surface area contributed by atoms with Gasteiger partial charge in [-0.25, -0.2) is 4.79 Å². The Balaban J connectivity index is 1.87. The molecule has 2 atom stereocenters. The summed E-state index contributed by atoms with van der Waals surface area (Å²) in [6.45, 7) is 3.87. The first-order chi connectivity index (χ1) is 16.0. The molecule has 0 fully saturated rings. The van der Waals surface area contributed by atoms with Crippen molar-refractivity contribution in [3.63, 3.8) is 0 Å². The highest BCUT2D eigenvalue weighted by Gasteiger charge is 2.42. The molecule has 0 aromatic heterocycles. The maximum absolute atomic E-state index is 13.6. The molecule has 172 valence electrons. The van der Waals surface area contributed by atoms with Crippen molar-refractivity contribution in [1.82, 2.24) is 5.32 Å². The molecule has 0 saturated carbocycles. The number of methoxy groups -OCH3 is 2. The molecule has 0 radical (unpaired) electrons. The lowest BCUT2D eigenvalue weighted by molar-refractivity contribution is -0.138. The monoisotopic (exact) mass is 447 g/mol. The summed E-state index contributed by atoms with van der Waals surface area (Å²) in [6.07, 6.45) is 1.06. The van der Waals surface area contributed by atoms with Crippen LogP contribution in [0.4, 0.5) is 0 Å². The second-order valence-electron chi connectivity index (χ2n) is 8.26. The minimum absolute atomic E-state index is 0.0155. The van der Waals surface area contributed by atoms with E-state index < -0.39 is 11.9 Å². The summed E-state index contributed by atoms with van der Waals surface area (Å²) in [7, 11) is 3.17. The Hall–Kier alpha value is -3.54. The predicted octanol–water partition coefficient (Wildman–Crippen LogP) is 4.63. The van der Waals surface area contributed by atoms with Crippen molar-refractivity contribution in [3.8, 4) is 11.5 Å². The number of dihydropyridines is 1. The summed E-state index contributed by atoms with van der Waals surface area (Å²) < 4.78 is 16.5. The van der Waals surface area contributed by atoms with Crippen LogP contribution in [0, 0.1) is 0 Å². The van der Waals surface area contributed by atoms with Gasteiger partial charge in [0.15, 0.2) is 5.78 Å². The number of hydrogen-bond acceptors (Lipinski definition) is 6. The number of hydrogen-bond donors (Lipinski definition) is 1. The minimum atomic E-state index is -0.602. The van der Waals surface area contributed by atoms with Gasteiger partial charge in [-0.3, -0.25) is 4.79 Å². The van der Waals surface area contributed by atoms with E-state index in [1.54, 1.807) is 33.3 Å².